The number of allylic oxidation sites excluding steroid dienone is 1. The summed E-state index contributed by atoms with van der Waals surface area (Å²) >= 11 is 0. The normalized spacial score (nSPS) is 16.0. The van der Waals surface area contributed by atoms with Crippen molar-refractivity contribution in [2.45, 2.75) is 51.1 Å². The van der Waals surface area contributed by atoms with Gasteiger partial charge in [-0.3, -0.25) is 9.59 Å². The molecule has 2 unspecified atom stereocenters. The molecule has 0 fully saturated rings. The predicted molar refractivity (Wildman–Crippen MR) is 162 cm³/mol. The molecule has 0 aromatic heterocycles. The van der Waals surface area contributed by atoms with Crippen molar-refractivity contribution in [3.8, 4) is 0 Å². The van der Waals surface area contributed by atoms with Gasteiger partial charge in [0.05, 0.1) is 37.3 Å². The number of rotatable bonds is 13. The number of anilines is 2. The third-order valence-electron chi connectivity index (χ3n) is 7.03. The molecule has 0 saturated heterocycles. The molecule has 226 valence electrons. The fourth-order valence-electron chi connectivity index (χ4n) is 4.59. The number of nitrogens with one attached hydrogen (secondary N) is 2. The van der Waals surface area contributed by atoms with E-state index in [2.05, 4.69) is 10.6 Å². The van der Waals surface area contributed by atoms with Crippen molar-refractivity contribution >= 4 is 29.2 Å². The lowest BCUT2D eigenvalue weighted by Crippen LogP contribution is -2.33. The summed E-state index contributed by atoms with van der Waals surface area (Å²) < 4.78 is 16.8. The number of ether oxygens (including phenoxy) is 3. The van der Waals surface area contributed by atoms with Gasteiger partial charge in [0.15, 0.2) is 5.76 Å². The van der Waals surface area contributed by atoms with Crippen molar-refractivity contribution in [2.75, 3.05) is 24.7 Å². The summed E-state index contributed by atoms with van der Waals surface area (Å²) in [6, 6.07) is 21.5. The number of carbonyl (C=O) groups is 3. The molecule has 0 spiro atoms. The predicted octanol–water partition coefficient (Wildman–Crippen LogP) is 4.40. The minimum atomic E-state index is -0.692. The number of hydrogen-bond donors (Lipinski definition) is 4. The van der Waals surface area contributed by atoms with Gasteiger partial charge < -0.3 is 35.7 Å². The van der Waals surface area contributed by atoms with Gasteiger partial charge in [-0.2, -0.15) is 0 Å². The highest BCUT2D eigenvalue weighted by atomic mass is 16.7. The van der Waals surface area contributed by atoms with Crippen LogP contribution in [0.15, 0.2) is 84.6 Å². The molecule has 10 nitrogen and oxygen atoms in total. The van der Waals surface area contributed by atoms with Crippen molar-refractivity contribution < 1.29 is 33.7 Å². The Hall–Kier alpha value is -4.67. The van der Waals surface area contributed by atoms with Crippen LogP contribution in [0.2, 0.25) is 0 Å². The Balaban J connectivity index is 1.34. The molecular formula is C33H37N3O7. The third-order valence-corrected chi connectivity index (χ3v) is 7.03. The van der Waals surface area contributed by atoms with Gasteiger partial charge in [0, 0.05) is 25.3 Å². The van der Waals surface area contributed by atoms with E-state index in [9.17, 15) is 19.5 Å². The summed E-state index contributed by atoms with van der Waals surface area (Å²) in [7, 11) is 1.33. The summed E-state index contributed by atoms with van der Waals surface area (Å²) in [5.41, 5.74) is 9.99. The van der Waals surface area contributed by atoms with E-state index in [0.717, 1.165) is 16.7 Å². The van der Waals surface area contributed by atoms with Crippen LogP contribution in [0, 0.1) is 0 Å². The minimum absolute atomic E-state index is 0.0391. The summed E-state index contributed by atoms with van der Waals surface area (Å²) in [5, 5.41) is 14.9. The standard InChI is InChI=1S/C33H37N3O7/c1-41-33(40)25-15-13-24(14-16-25)26-18-29(43-31(19-26)42-21-23-11-9-22(20-37)10-12-23)32(39)35-17-5-4-8-30(38)36-28-7-3-2-6-27(28)34/h2-3,6-7,9-16,18,26,31,37H,4-5,8,17,19-21,34H2,1H3,(H,35,39)(H,36,38). The lowest BCUT2D eigenvalue weighted by Gasteiger charge is -2.29. The number of amides is 2. The molecule has 4 rings (SSSR count). The Morgan fingerprint density at radius 3 is 2.40 bits per heavy atom. The third kappa shape index (κ3) is 9.16. The van der Waals surface area contributed by atoms with Crippen LogP contribution in [0.4, 0.5) is 11.4 Å². The highest BCUT2D eigenvalue weighted by Gasteiger charge is 2.29. The molecular weight excluding hydrogens is 550 g/mol. The average molecular weight is 588 g/mol. The van der Waals surface area contributed by atoms with Crippen molar-refractivity contribution in [1.82, 2.24) is 5.32 Å². The lowest BCUT2D eigenvalue weighted by atomic mass is 9.92. The number of aliphatic hydroxyl groups excluding tert-OH is 1. The second kappa shape index (κ2) is 15.5. The van der Waals surface area contributed by atoms with Gasteiger partial charge in [0.2, 0.25) is 12.2 Å². The Labute approximate surface area is 250 Å². The summed E-state index contributed by atoms with van der Waals surface area (Å²) in [6.45, 7) is 0.583. The Kier molecular flexibility index (Phi) is 11.3. The fraction of sp³-hybridized carbons (Fsp3) is 0.303. The van der Waals surface area contributed by atoms with Crippen molar-refractivity contribution in [1.29, 1.82) is 0 Å². The van der Waals surface area contributed by atoms with Crippen LogP contribution in [-0.4, -0.2) is 42.8 Å². The smallest absolute Gasteiger partial charge is 0.337 e. The number of para-hydroxylation sites is 2. The Morgan fingerprint density at radius 1 is 0.977 bits per heavy atom. The Morgan fingerprint density at radius 2 is 1.70 bits per heavy atom. The van der Waals surface area contributed by atoms with Crippen LogP contribution >= 0.6 is 0 Å². The van der Waals surface area contributed by atoms with Gasteiger partial charge in [-0.1, -0.05) is 48.5 Å². The van der Waals surface area contributed by atoms with Gasteiger partial charge in [-0.15, -0.1) is 0 Å². The second-order valence-electron chi connectivity index (χ2n) is 10.2. The maximum Gasteiger partial charge on any atom is 0.337 e. The maximum atomic E-state index is 13.1. The highest BCUT2D eigenvalue weighted by Crippen LogP contribution is 2.32. The largest absolute Gasteiger partial charge is 0.465 e. The summed E-state index contributed by atoms with van der Waals surface area (Å²) in [5.74, 6) is -1.000. The van der Waals surface area contributed by atoms with Gasteiger partial charge in [0.1, 0.15) is 0 Å². The van der Waals surface area contributed by atoms with Crippen LogP contribution in [0.3, 0.4) is 0 Å². The zero-order valence-corrected chi connectivity index (χ0v) is 24.1. The quantitative estimate of drug-likeness (QED) is 0.131. The maximum absolute atomic E-state index is 13.1. The molecule has 3 aromatic carbocycles. The molecule has 0 bridgehead atoms. The lowest BCUT2D eigenvalue weighted by molar-refractivity contribution is -0.150. The van der Waals surface area contributed by atoms with E-state index < -0.39 is 12.3 Å². The number of benzene rings is 3. The van der Waals surface area contributed by atoms with Crippen LogP contribution in [0.5, 0.6) is 0 Å². The topological polar surface area (TPSA) is 149 Å². The van der Waals surface area contributed by atoms with Crippen molar-refractivity contribution in [3.05, 3.63) is 107 Å². The molecule has 5 N–H and O–H groups in total. The van der Waals surface area contributed by atoms with Crippen molar-refractivity contribution in [2.24, 2.45) is 0 Å². The molecule has 1 aliphatic rings. The number of unbranched alkanes of at least 4 members (excludes halogenated alkanes) is 1. The molecule has 3 aromatic rings. The number of nitrogens with two attached hydrogens (primary N) is 1. The first-order chi connectivity index (χ1) is 20.9. The van der Waals surface area contributed by atoms with E-state index in [1.807, 2.05) is 36.4 Å². The van der Waals surface area contributed by atoms with Gasteiger partial charge >= 0.3 is 5.97 Å². The van der Waals surface area contributed by atoms with E-state index in [1.165, 1.54) is 7.11 Å². The zero-order chi connectivity index (χ0) is 30.6. The molecule has 1 heterocycles. The number of esters is 1. The number of methoxy groups -OCH3 is 1. The number of carbonyl (C=O) groups excluding carboxylic acids is 3. The van der Waals surface area contributed by atoms with E-state index in [1.54, 1.807) is 42.5 Å². The fourth-order valence-corrected chi connectivity index (χ4v) is 4.59. The molecule has 10 heteroatoms. The number of aliphatic hydroxyl groups is 1. The van der Waals surface area contributed by atoms with E-state index in [0.29, 0.717) is 49.2 Å². The zero-order valence-electron chi connectivity index (χ0n) is 24.1. The van der Waals surface area contributed by atoms with Crippen LogP contribution in [-0.2, 0) is 37.0 Å². The molecule has 43 heavy (non-hydrogen) atoms. The van der Waals surface area contributed by atoms with E-state index in [4.69, 9.17) is 19.9 Å². The first-order valence-electron chi connectivity index (χ1n) is 14.2. The average Bonchev–Trinajstić information content (AvgIpc) is 3.04. The second-order valence-corrected chi connectivity index (χ2v) is 10.2. The SMILES string of the molecule is COC(=O)c1ccc(C2C=C(C(=O)NCCCCC(=O)Nc3ccccc3N)OC(OCc3ccc(CO)cc3)C2)cc1. The molecule has 0 saturated carbocycles. The number of hydrogen-bond acceptors (Lipinski definition) is 8. The van der Waals surface area contributed by atoms with Crippen LogP contribution < -0.4 is 16.4 Å². The monoisotopic (exact) mass is 587 g/mol. The van der Waals surface area contributed by atoms with E-state index in [-0.39, 0.29) is 36.7 Å². The van der Waals surface area contributed by atoms with Crippen LogP contribution in [0.1, 0.15) is 58.6 Å². The first kappa shape index (κ1) is 31.3. The van der Waals surface area contributed by atoms with Gasteiger partial charge in [-0.05, 0) is 59.9 Å². The van der Waals surface area contributed by atoms with Gasteiger partial charge in [0.25, 0.3) is 5.91 Å². The van der Waals surface area contributed by atoms with E-state index >= 15 is 0 Å². The van der Waals surface area contributed by atoms with Gasteiger partial charge in [-0.25, -0.2) is 4.79 Å². The van der Waals surface area contributed by atoms with Crippen LogP contribution in [0.25, 0.3) is 0 Å². The highest BCUT2D eigenvalue weighted by molar-refractivity contribution is 5.94. The summed E-state index contributed by atoms with van der Waals surface area (Å²) in [4.78, 5) is 37.2. The number of nitrogen functional groups attached to an aromatic ring is 1. The van der Waals surface area contributed by atoms with Crippen molar-refractivity contribution in [3.63, 3.8) is 0 Å². The first-order valence-corrected chi connectivity index (χ1v) is 14.2. The molecule has 0 aliphatic carbocycles. The molecule has 2 atom stereocenters. The molecule has 0 radical (unpaired) electrons. The summed E-state index contributed by atoms with van der Waals surface area (Å²) in [6.07, 6.45) is 3.00. The minimum Gasteiger partial charge on any atom is -0.465 e. The molecule has 2 amide bonds. The molecule has 1 aliphatic heterocycles. The Bertz CT molecular complexity index is 1420.